The van der Waals surface area contributed by atoms with E-state index in [0.29, 0.717) is 6.61 Å². The van der Waals surface area contributed by atoms with Crippen molar-refractivity contribution in [2.45, 2.75) is 53.1 Å². The number of hydrogen-bond acceptors (Lipinski definition) is 4. The van der Waals surface area contributed by atoms with Crippen molar-refractivity contribution in [3.05, 3.63) is 0 Å². The van der Waals surface area contributed by atoms with E-state index in [2.05, 4.69) is 34.6 Å². The van der Waals surface area contributed by atoms with Crippen LogP contribution in [0.5, 0.6) is 0 Å². The van der Waals surface area contributed by atoms with Gasteiger partial charge in [-0.05, 0) is 17.3 Å². The summed E-state index contributed by atoms with van der Waals surface area (Å²) in [6, 6.07) is 0. The molecule has 4 heteroatoms. The first kappa shape index (κ1) is 15.4. The smallest absolute Gasteiger partial charge is 0.343 e. The van der Waals surface area contributed by atoms with E-state index in [1.54, 1.807) is 0 Å². The Hall–Kier alpha value is -0.610. The molecule has 1 rings (SSSR count). The fraction of sp³-hybridized carbons (Fsp3) is 0.929. The lowest BCUT2D eigenvalue weighted by atomic mass is 9.74. The lowest BCUT2D eigenvalue weighted by molar-refractivity contribution is -0.155. The van der Waals surface area contributed by atoms with E-state index in [0.717, 1.165) is 12.8 Å². The van der Waals surface area contributed by atoms with Gasteiger partial charge in [0.05, 0.1) is 19.8 Å². The summed E-state index contributed by atoms with van der Waals surface area (Å²) in [6.07, 6.45) is 2.07. The molecule has 0 spiro atoms. The van der Waals surface area contributed by atoms with Crippen LogP contribution < -0.4 is 0 Å². The Bertz CT molecular complexity index is 303. The zero-order valence-electron chi connectivity index (χ0n) is 12.2. The minimum Gasteiger partial charge on any atom is -0.463 e. The van der Waals surface area contributed by atoms with Gasteiger partial charge in [0, 0.05) is 0 Å². The van der Waals surface area contributed by atoms with Crippen LogP contribution in [0.1, 0.15) is 47.5 Å². The van der Waals surface area contributed by atoms with Gasteiger partial charge in [0.2, 0.25) is 5.60 Å². The molecular weight excluding hydrogens is 232 g/mol. The molecule has 0 aromatic rings. The largest absolute Gasteiger partial charge is 0.463 e. The first-order chi connectivity index (χ1) is 8.16. The molecule has 0 radical (unpaired) electrons. The molecule has 1 fully saturated rings. The van der Waals surface area contributed by atoms with Gasteiger partial charge in [0.15, 0.2) is 0 Å². The topological polar surface area (TPSA) is 59.1 Å². The van der Waals surface area contributed by atoms with Crippen molar-refractivity contribution in [3.63, 3.8) is 0 Å². The minimum absolute atomic E-state index is 0.0687. The first-order valence-electron chi connectivity index (χ1n) is 6.58. The van der Waals surface area contributed by atoms with Gasteiger partial charge < -0.3 is 14.6 Å². The molecule has 0 aliphatic carbocycles. The predicted molar refractivity (Wildman–Crippen MR) is 69.2 cm³/mol. The van der Waals surface area contributed by atoms with Gasteiger partial charge in [-0.3, -0.25) is 0 Å². The van der Waals surface area contributed by atoms with Crippen LogP contribution in [0.3, 0.4) is 0 Å². The van der Waals surface area contributed by atoms with Crippen LogP contribution in [0, 0.1) is 10.8 Å². The summed E-state index contributed by atoms with van der Waals surface area (Å²) < 4.78 is 10.3. The molecule has 18 heavy (non-hydrogen) atoms. The molecule has 1 atom stereocenters. The van der Waals surface area contributed by atoms with Crippen LogP contribution in [0.4, 0.5) is 0 Å². The van der Waals surface area contributed by atoms with Crippen molar-refractivity contribution in [1.29, 1.82) is 0 Å². The van der Waals surface area contributed by atoms with Crippen LogP contribution in [0.15, 0.2) is 0 Å². The van der Waals surface area contributed by atoms with E-state index in [-0.39, 0.29) is 24.0 Å². The van der Waals surface area contributed by atoms with Gasteiger partial charge >= 0.3 is 5.97 Å². The third kappa shape index (κ3) is 3.95. The van der Waals surface area contributed by atoms with Gasteiger partial charge in [-0.2, -0.15) is 0 Å². The molecule has 106 valence electrons. The highest BCUT2D eigenvalue weighted by atomic mass is 16.7. The van der Waals surface area contributed by atoms with Gasteiger partial charge in [-0.1, -0.05) is 41.0 Å². The summed E-state index contributed by atoms with van der Waals surface area (Å²) in [7, 11) is 0. The third-order valence-corrected chi connectivity index (χ3v) is 3.63. The number of carbonyl (C=O) groups is 1. The molecule has 1 heterocycles. The van der Waals surface area contributed by atoms with E-state index in [1.165, 1.54) is 0 Å². The number of aliphatic hydroxyl groups excluding tert-OH is 1. The number of esters is 1. The van der Waals surface area contributed by atoms with Crippen molar-refractivity contribution >= 4 is 5.97 Å². The van der Waals surface area contributed by atoms with E-state index in [1.807, 2.05) is 0 Å². The van der Waals surface area contributed by atoms with Gasteiger partial charge in [0.25, 0.3) is 0 Å². The first-order valence-corrected chi connectivity index (χ1v) is 6.58. The molecule has 1 N–H and O–H groups in total. The van der Waals surface area contributed by atoms with Crippen molar-refractivity contribution < 1.29 is 19.4 Å². The second-order valence-corrected chi connectivity index (χ2v) is 6.88. The maximum Gasteiger partial charge on any atom is 0.343 e. The third-order valence-electron chi connectivity index (χ3n) is 3.63. The van der Waals surface area contributed by atoms with Gasteiger partial charge in [-0.15, -0.1) is 0 Å². The van der Waals surface area contributed by atoms with Gasteiger partial charge in [0.1, 0.15) is 0 Å². The Morgan fingerprint density at radius 3 is 2.28 bits per heavy atom. The van der Waals surface area contributed by atoms with Crippen LogP contribution >= 0.6 is 0 Å². The molecule has 0 bridgehead atoms. The number of carbonyl (C=O) groups excluding carboxylic acids is 1. The summed E-state index contributed by atoms with van der Waals surface area (Å²) in [5.41, 5.74) is -0.891. The summed E-state index contributed by atoms with van der Waals surface area (Å²) in [5.74, 6) is -0.438. The fourth-order valence-electron chi connectivity index (χ4n) is 2.22. The second kappa shape index (κ2) is 5.17. The molecule has 0 aromatic heterocycles. The number of aliphatic hydroxyl groups is 1. The fourth-order valence-corrected chi connectivity index (χ4v) is 2.22. The molecule has 0 amide bonds. The van der Waals surface area contributed by atoms with Crippen LogP contribution in [-0.4, -0.2) is 36.5 Å². The van der Waals surface area contributed by atoms with E-state index in [4.69, 9.17) is 14.6 Å². The number of epoxide rings is 1. The molecule has 1 saturated heterocycles. The average Bonchev–Trinajstić information content (AvgIpc) is 3.05. The summed E-state index contributed by atoms with van der Waals surface area (Å²) in [4.78, 5) is 11.7. The number of ether oxygens (including phenoxy) is 2. The summed E-state index contributed by atoms with van der Waals surface area (Å²) >= 11 is 0. The Labute approximate surface area is 110 Å². The lowest BCUT2D eigenvalue weighted by Crippen LogP contribution is -2.35. The molecule has 0 saturated carbocycles. The zero-order valence-corrected chi connectivity index (χ0v) is 12.2. The van der Waals surface area contributed by atoms with Crippen LogP contribution in [-0.2, 0) is 14.3 Å². The summed E-state index contributed by atoms with van der Waals surface area (Å²) in [5, 5.41) is 9.06. The monoisotopic (exact) mass is 258 g/mol. The standard InChI is InChI=1S/C14H26O4/c1-6-12(2,3)7-13(4,5)9-17-11(16)14(8-15)10-18-14/h15H,6-10H2,1-5H3. The average molecular weight is 258 g/mol. The van der Waals surface area contributed by atoms with E-state index in [9.17, 15) is 4.79 Å². The highest BCUT2D eigenvalue weighted by Crippen LogP contribution is 2.37. The second-order valence-electron chi connectivity index (χ2n) is 6.88. The normalized spacial score (nSPS) is 23.9. The maximum absolute atomic E-state index is 11.7. The van der Waals surface area contributed by atoms with Crippen molar-refractivity contribution in [3.8, 4) is 0 Å². The summed E-state index contributed by atoms with van der Waals surface area (Å²) in [6.45, 7) is 11.1. The Morgan fingerprint density at radius 2 is 1.89 bits per heavy atom. The number of hydrogen-bond donors (Lipinski definition) is 1. The Morgan fingerprint density at radius 1 is 1.33 bits per heavy atom. The zero-order chi connectivity index (χ0) is 14.0. The highest BCUT2D eigenvalue weighted by Gasteiger charge is 2.54. The molecule has 1 aliphatic heterocycles. The van der Waals surface area contributed by atoms with E-state index >= 15 is 0 Å². The Balaban J connectivity index is 2.44. The van der Waals surface area contributed by atoms with Gasteiger partial charge in [-0.25, -0.2) is 4.79 Å². The number of rotatable bonds is 7. The van der Waals surface area contributed by atoms with Crippen LogP contribution in [0.2, 0.25) is 0 Å². The lowest BCUT2D eigenvalue weighted by Gasteiger charge is -2.34. The van der Waals surface area contributed by atoms with Crippen LogP contribution in [0.25, 0.3) is 0 Å². The maximum atomic E-state index is 11.7. The minimum atomic E-state index is -1.06. The predicted octanol–water partition coefficient (Wildman–Crippen LogP) is 2.14. The molecular formula is C14H26O4. The van der Waals surface area contributed by atoms with Crippen molar-refractivity contribution in [2.75, 3.05) is 19.8 Å². The Kier molecular flexibility index (Phi) is 4.44. The van der Waals surface area contributed by atoms with Crippen molar-refractivity contribution in [2.24, 2.45) is 10.8 Å². The molecule has 0 aromatic carbocycles. The molecule has 4 nitrogen and oxygen atoms in total. The molecule has 1 aliphatic rings. The quantitative estimate of drug-likeness (QED) is 0.561. The van der Waals surface area contributed by atoms with Crippen molar-refractivity contribution in [1.82, 2.24) is 0 Å². The highest BCUT2D eigenvalue weighted by molar-refractivity contribution is 5.82. The van der Waals surface area contributed by atoms with E-state index < -0.39 is 11.6 Å². The SMILES string of the molecule is CCC(C)(C)CC(C)(C)COC(=O)C1(CO)CO1. The molecule has 1 unspecified atom stereocenters.